The van der Waals surface area contributed by atoms with Gasteiger partial charge in [-0.3, -0.25) is 9.89 Å². The van der Waals surface area contributed by atoms with Gasteiger partial charge in [0.15, 0.2) is 5.96 Å². The summed E-state index contributed by atoms with van der Waals surface area (Å²) in [6.07, 6.45) is 2.59. The van der Waals surface area contributed by atoms with Crippen LogP contribution >= 0.6 is 0 Å². The molecule has 138 valence electrons. The van der Waals surface area contributed by atoms with Crippen molar-refractivity contribution in [2.24, 2.45) is 10.9 Å². The van der Waals surface area contributed by atoms with Crippen molar-refractivity contribution in [3.8, 4) is 0 Å². The van der Waals surface area contributed by atoms with E-state index in [1.807, 2.05) is 7.05 Å². The first-order chi connectivity index (χ1) is 12.2. The molecule has 0 bridgehead atoms. The third-order valence-corrected chi connectivity index (χ3v) is 5.15. The molecule has 5 nitrogen and oxygen atoms in total. The van der Waals surface area contributed by atoms with E-state index in [2.05, 4.69) is 51.3 Å². The van der Waals surface area contributed by atoms with Gasteiger partial charge < -0.3 is 15.0 Å². The molecule has 1 unspecified atom stereocenters. The molecule has 0 saturated carbocycles. The van der Waals surface area contributed by atoms with Gasteiger partial charge in [0.25, 0.3) is 0 Å². The fourth-order valence-corrected chi connectivity index (χ4v) is 3.68. The average Bonchev–Trinajstić information content (AvgIpc) is 2.64. The molecule has 2 aliphatic rings. The molecular weight excluding hydrogens is 312 g/mol. The molecule has 1 aromatic rings. The number of rotatable bonds is 4. The van der Waals surface area contributed by atoms with Gasteiger partial charge in [0.05, 0.1) is 13.2 Å². The third kappa shape index (κ3) is 5.44. The summed E-state index contributed by atoms with van der Waals surface area (Å²) in [4.78, 5) is 9.31. The summed E-state index contributed by atoms with van der Waals surface area (Å²) in [6, 6.07) is 8.96. The number of aliphatic imine (C=N–C) groups is 1. The first-order valence-corrected chi connectivity index (χ1v) is 9.58. The van der Waals surface area contributed by atoms with Crippen LogP contribution in [0.25, 0.3) is 0 Å². The van der Waals surface area contributed by atoms with E-state index in [4.69, 9.17) is 4.74 Å². The molecule has 1 N–H and O–H groups in total. The van der Waals surface area contributed by atoms with Gasteiger partial charge in [-0.15, -0.1) is 0 Å². The van der Waals surface area contributed by atoms with Crippen molar-refractivity contribution in [2.45, 2.75) is 32.9 Å². The van der Waals surface area contributed by atoms with Crippen LogP contribution in [0, 0.1) is 5.92 Å². The zero-order chi connectivity index (χ0) is 17.5. The second-order valence-corrected chi connectivity index (χ2v) is 7.30. The lowest BCUT2D eigenvalue weighted by atomic mass is 10.0. The van der Waals surface area contributed by atoms with Crippen LogP contribution in [0.2, 0.25) is 0 Å². The van der Waals surface area contributed by atoms with E-state index in [0.29, 0.717) is 0 Å². The maximum absolute atomic E-state index is 5.41. The lowest BCUT2D eigenvalue weighted by Crippen LogP contribution is -2.45. The first-order valence-electron chi connectivity index (χ1n) is 9.58. The molecule has 5 heteroatoms. The van der Waals surface area contributed by atoms with Crippen LogP contribution in [-0.2, 0) is 17.8 Å². The molecule has 2 fully saturated rings. The van der Waals surface area contributed by atoms with Crippen molar-refractivity contribution in [3.05, 3.63) is 35.4 Å². The molecule has 2 heterocycles. The number of guanidine groups is 1. The minimum atomic E-state index is 0.756. The summed E-state index contributed by atoms with van der Waals surface area (Å²) in [5.74, 6) is 1.79. The smallest absolute Gasteiger partial charge is 0.193 e. The summed E-state index contributed by atoms with van der Waals surface area (Å²) in [6.45, 7) is 10.2. The van der Waals surface area contributed by atoms with Crippen molar-refractivity contribution in [1.82, 2.24) is 15.1 Å². The minimum absolute atomic E-state index is 0.756. The molecule has 25 heavy (non-hydrogen) atoms. The Bertz CT molecular complexity index is 551. The number of hydrogen-bond donors (Lipinski definition) is 1. The van der Waals surface area contributed by atoms with Crippen molar-refractivity contribution >= 4 is 5.96 Å². The molecule has 0 radical (unpaired) electrons. The molecule has 2 saturated heterocycles. The molecule has 3 rings (SSSR count). The van der Waals surface area contributed by atoms with Gasteiger partial charge in [-0.05, 0) is 29.9 Å². The lowest BCUT2D eigenvalue weighted by molar-refractivity contribution is 0.0342. The van der Waals surface area contributed by atoms with Crippen LogP contribution in [0.3, 0.4) is 0 Å². The van der Waals surface area contributed by atoms with Crippen molar-refractivity contribution < 1.29 is 4.74 Å². The lowest BCUT2D eigenvalue weighted by Gasteiger charge is -2.33. The van der Waals surface area contributed by atoms with Gasteiger partial charge in [0.1, 0.15) is 0 Å². The second-order valence-electron chi connectivity index (χ2n) is 7.30. The van der Waals surface area contributed by atoms with Crippen LogP contribution in [-0.4, -0.2) is 62.2 Å². The van der Waals surface area contributed by atoms with E-state index in [1.54, 1.807) is 0 Å². The fourth-order valence-electron chi connectivity index (χ4n) is 3.68. The van der Waals surface area contributed by atoms with Crippen LogP contribution in [0.5, 0.6) is 0 Å². The maximum atomic E-state index is 5.41. The van der Waals surface area contributed by atoms with Gasteiger partial charge in [-0.2, -0.15) is 0 Å². The molecule has 0 aromatic heterocycles. The summed E-state index contributed by atoms with van der Waals surface area (Å²) < 4.78 is 5.41. The van der Waals surface area contributed by atoms with E-state index >= 15 is 0 Å². The number of nitrogens with zero attached hydrogens (tertiary/aromatic N) is 3. The number of piperidine rings is 1. The Kier molecular flexibility index (Phi) is 6.70. The normalized spacial score (nSPS) is 22.9. The Balaban J connectivity index is 1.48. The third-order valence-electron chi connectivity index (χ3n) is 5.15. The first kappa shape index (κ1) is 18.2. The van der Waals surface area contributed by atoms with Crippen molar-refractivity contribution in [1.29, 1.82) is 0 Å². The average molecular weight is 345 g/mol. The van der Waals surface area contributed by atoms with E-state index in [1.165, 1.54) is 24.0 Å². The van der Waals surface area contributed by atoms with Gasteiger partial charge in [-0.1, -0.05) is 31.2 Å². The zero-order valence-electron chi connectivity index (χ0n) is 15.7. The van der Waals surface area contributed by atoms with Crippen molar-refractivity contribution in [3.63, 3.8) is 0 Å². The summed E-state index contributed by atoms with van der Waals surface area (Å²) in [7, 11) is 1.88. The number of likely N-dealkylation sites (tertiary alicyclic amines) is 1. The van der Waals surface area contributed by atoms with E-state index in [9.17, 15) is 0 Å². The van der Waals surface area contributed by atoms with Gasteiger partial charge in [-0.25, -0.2) is 0 Å². The van der Waals surface area contributed by atoms with Crippen LogP contribution in [0.4, 0.5) is 0 Å². The van der Waals surface area contributed by atoms with E-state index in [-0.39, 0.29) is 0 Å². The Morgan fingerprint density at radius 1 is 1.16 bits per heavy atom. The van der Waals surface area contributed by atoms with Crippen LogP contribution in [0.1, 0.15) is 30.9 Å². The van der Waals surface area contributed by atoms with Gasteiger partial charge >= 0.3 is 0 Å². The van der Waals surface area contributed by atoms with Crippen LogP contribution in [0.15, 0.2) is 29.3 Å². The van der Waals surface area contributed by atoms with Crippen molar-refractivity contribution in [2.75, 3.05) is 46.4 Å². The summed E-state index contributed by atoms with van der Waals surface area (Å²) in [5.41, 5.74) is 2.68. The highest BCUT2D eigenvalue weighted by molar-refractivity contribution is 5.79. The van der Waals surface area contributed by atoms with E-state index in [0.717, 1.165) is 64.4 Å². The predicted octanol–water partition coefficient (Wildman–Crippen LogP) is 2.33. The van der Waals surface area contributed by atoms with Crippen LogP contribution < -0.4 is 5.32 Å². The fraction of sp³-hybridized carbons (Fsp3) is 0.650. The summed E-state index contributed by atoms with van der Waals surface area (Å²) in [5, 5.41) is 3.53. The van der Waals surface area contributed by atoms with E-state index < -0.39 is 0 Å². The highest BCUT2D eigenvalue weighted by Gasteiger charge is 2.19. The SMILES string of the molecule is CN=C(NCc1ccc(CN2CCOCC2)cc1)N1CCCC(C)C1. The maximum Gasteiger partial charge on any atom is 0.193 e. The molecular formula is C20H32N4O. The number of morpholine rings is 1. The molecule has 1 aromatic carbocycles. The number of nitrogens with one attached hydrogen (secondary N) is 1. The molecule has 0 spiro atoms. The molecule has 2 aliphatic heterocycles. The second kappa shape index (κ2) is 9.20. The molecule has 0 amide bonds. The van der Waals surface area contributed by atoms with Gasteiger partial charge in [0.2, 0.25) is 0 Å². The monoisotopic (exact) mass is 344 g/mol. The number of hydrogen-bond acceptors (Lipinski definition) is 3. The largest absolute Gasteiger partial charge is 0.379 e. The topological polar surface area (TPSA) is 40.1 Å². The predicted molar refractivity (Wildman–Crippen MR) is 103 cm³/mol. The zero-order valence-corrected chi connectivity index (χ0v) is 15.7. The Morgan fingerprint density at radius 2 is 1.88 bits per heavy atom. The molecule has 0 aliphatic carbocycles. The Morgan fingerprint density at radius 3 is 2.56 bits per heavy atom. The Labute approximate surface area is 152 Å². The quantitative estimate of drug-likeness (QED) is 0.672. The minimum Gasteiger partial charge on any atom is -0.379 e. The highest BCUT2D eigenvalue weighted by Crippen LogP contribution is 2.15. The number of benzene rings is 1. The summed E-state index contributed by atoms with van der Waals surface area (Å²) >= 11 is 0. The highest BCUT2D eigenvalue weighted by atomic mass is 16.5. The molecule has 1 atom stereocenters. The Hall–Kier alpha value is -1.59. The number of ether oxygens (including phenoxy) is 1. The standard InChI is InChI=1S/C20H32N4O/c1-17-4-3-9-24(15-17)20(21-2)22-14-18-5-7-19(8-6-18)16-23-10-12-25-13-11-23/h5-8,17H,3-4,9-16H2,1-2H3,(H,21,22). The van der Waals surface area contributed by atoms with Gasteiger partial charge in [0, 0.05) is 46.3 Å².